The highest BCUT2D eigenvalue weighted by Crippen LogP contribution is 2.64. The van der Waals surface area contributed by atoms with Crippen LogP contribution in [0.3, 0.4) is 0 Å². The Labute approximate surface area is 73.9 Å². The van der Waals surface area contributed by atoms with Gasteiger partial charge in [-0.15, -0.1) is 0 Å². The molecule has 0 amide bonds. The van der Waals surface area contributed by atoms with E-state index in [1.165, 1.54) is 32.1 Å². The van der Waals surface area contributed by atoms with Crippen molar-refractivity contribution in [3.63, 3.8) is 0 Å². The van der Waals surface area contributed by atoms with Gasteiger partial charge in [-0.05, 0) is 31.1 Å². The number of methoxy groups -OCH3 is 1. The van der Waals surface area contributed by atoms with Crippen molar-refractivity contribution < 1.29 is 9.84 Å². The Bertz CT molecular complexity index is 165. The van der Waals surface area contributed by atoms with Gasteiger partial charge in [-0.2, -0.15) is 0 Å². The number of aliphatic hydroxyl groups is 1. The molecular weight excluding hydrogens is 152 g/mol. The molecule has 2 fully saturated rings. The first-order valence-corrected chi connectivity index (χ1v) is 4.84. The Morgan fingerprint density at radius 2 is 2.00 bits per heavy atom. The van der Waals surface area contributed by atoms with Gasteiger partial charge in [0, 0.05) is 12.5 Å². The number of rotatable bonds is 3. The quantitative estimate of drug-likeness (QED) is 0.696. The number of ether oxygens (including phenoxy) is 1. The van der Waals surface area contributed by atoms with E-state index in [1.54, 1.807) is 7.11 Å². The SMILES string of the molecule is COCC1(CO)CC2(CCC2)C1. The summed E-state index contributed by atoms with van der Waals surface area (Å²) in [6.45, 7) is 1.05. The second-order valence-corrected chi connectivity index (χ2v) is 4.80. The molecule has 1 N–H and O–H groups in total. The van der Waals surface area contributed by atoms with Crippen LogP contribution in [0.5, 0.6) is 0 Å². The van der Waals surface area contributed by atoms with E-state index < -0.39 is 0 Å². The molecular formula is C10H18O2. The van der Waals surface area contributed by atoms with Crippen LogP contribution >= 0.6 is 0 Å². The third-order valence-electron chi connectivity index (χ3n) is 3.70. The first-order chi connectivity index (χ1) is 5.74. The van der Waals surface area contributed by atoms with Crippen LogP contribution in [0.4, 0.5) is 0 Å². The highest BCUT2D eigenvalue weighted by Gasteiger charge is 2.56. The molecule has 0 saturated heterocycles. The maximum absolute atomic E-state index is 9.24. The van der Waals surface area contributed by atoms with Crippen molar-refractivity contribution >= 4 is 0 Å². The highest BCUT2D eigenvalue weighted by molar-refractivity contribution is 5.06. The Morgan fingerprint density at radius 3 is 2.33 bits per heavy atom. The van der Waals surface area contributed by atoms with Crippen LogP contribution in [0.15, 0.2) is 0 Å². The van der Waals surface area contributed by atoms with Gasteiger partial charge in [-0.25, -0.2) is 0 Å². The summed E-state index contributed by atoms with van der Waals surface area (Å²) in [6, 6.07) is 0. The van der Waals surface area contributed by atoms with Crippen molar-refractivity contribution in [2.24, 2.45) is 10.8 Å². The molecule has 0 unspecified atom stereocenters. The van der Waals surface area contributed by atoms with E-state index >= 15 is 0 Å². The summed E-state index contributed by atoms with van der Waals surface area (Å²) in [4.78, 5) is 0. The van der Waals surface area contributed by atoms with Crippen LogP contribution in [-0.2, 0) is 4.74 Å². The van der Waals surface area contributed by atoms with Gasteiger partial charge in [-0.3, -0.25) is 0 Å². The molecule has 2 aliphatic rings. The molecule has 0 radical (unpaired) electrons. The summed E-state index contributed by atoms with van der Waals surface area (Å²) >= 11 is 0. The second kappa shape index (κ2) is 2.71. The molecule has 70 valence electrons. The molecule has 2 aliphatic carbocycles. The van der Waals surface area contributed by atoms with Gasteiger partial charge in [0.05, 0.1) is 13.2 Å². The van der Waals surface area contributed by atoms with Gasteiger partial charge in [0.2, 0.25) is 0 Å². The van der Waals surface area contributed by atoms with Crippen LogP contribution in [0.25, 0.3) is 0 Å². The second-order valence-electron chi connectivity index (χ2n) is 4.80. The maximum atomic E-state index is 9.24. The molecule has 2 rings (SSSR count). The average Bonchev–Trinajstić information content (AvgIpc) is 1.92. The minimum absolute atomic E-state index is 0.134. The normalized spacial score (nSPS) is 29.5. The van der Waals surface area contributed by atoms with Crippen molar-refractivity contribution in [2.75, 3.05) is 20.3 Å². The molecule has 0 aromatic heterocycles. The summed E-state index contributed by atoms with van der Waals surface area (Å²) in [7, 11) is 1.73. The van der Waals surface area contributed by atoms with Crippen LogP contribution in [0.1, 0.15) is 32.1 Å². The third kappa shape index (κ3) is 1.09. The summed E-state index contributed by atoms with van der Waals surface area (Å²) in [5.41, 5.74) is 0.774. The Morgan fingerprint density at radius 1 is 1.33 bits per heavy atom. The molecule has 2 heteroatoms. The number of aliphatic hydroxyl groups excluding tert-OH is 1. The Balaban J connectivity index is 1.89. The van der Waals surface area contributed by atoms with Crippen molar-refractivity contribution in [2.45, 2.75) is 32.1 Å². The molecule has 12 heavy (non-hydrogen) atoms. The molecule has 0 aliphatic heterocycles. The van der Waals surface area contributed by atoms with Gasteiger partial charge in [0.15, 0.2) is 0 Å². The van der Waals surface area contributed by atoms with Crippen LogP contribution in [0, 0.1) is 10.8 Å². The minimum atomic E-state index is 0.134. The van der Waals surface area contributed by atoms with Crippen LogP contribution in [0.2, 0.25) is 0 Å². The summed E-state index contributed by atoms with van der Waals surface area (Å²) in [5, 5.41) is 9.24. The zero-order valence-electron chi connectivity index (χ0n) is 7.81. The van der Waals surface area contributed by atoms with E-state index in [4.69, 9.17) is 4.74 Å². The molecule has 2 saturated carbocycles. The maximum Gasteiger partial charge on any atom is 0.0541 e. The molecule has 1 spiro atoms. The van der Waals surface area contributed by atoms with E-state index in [2.05, 4.69) is 0 Å². The number of hydrogen-bond acceptors (Lipinski definition) is 2. The lowest BCUT2D eigenvalue weighted by Gasteiger charge is -2.60. The van der Waals surface area contributed by atoms with Gasteiger partial charge in [0.1, 0.15) is 0 Å². The van der Waals surface area contributed by atoms with Crippen molar-refractivity contribution in [3.8, 4) is 0 Å². The fourth-order valence-electron chi connectivity index (χ4n) is 3.14. The lowest BCUT2D eigenvalue weighted by molar-refractivity contribution is -0.148. The fraction of sp³-hybridized carbons (Fsp3) is 1.00. The summed E-state index contributed by atoms with van der Waals surface area (Å²) in [6.07, 6.45) is 6.57. The zero-order chi connectivity index (χ0) is 8.66. The van der Waals surface area contributed by atoms with Gasteiger partial charge in [-0.1, -0.05) is 6.42 Å². The molecule has 0 heterocycles. The van der Waals surface area contributed by atoms with Gasteiger partial charge in [0.25, 0.3) is 0 Å². The van der Waals surface area contributed by atoms with Crippen LogP contribution in [-0.4, -0.2) is 25.4 Å². The minimum Gasteiger partial charge on any atom is -0.396 e. The van der Waals surface area contributed by atoms with Crippen molar-refractivity contribution in [1.82, 2.24) is 0 Å². The molecule has 0 aromatic rings. The first kappa shape index (κ1) is 8.52. The standard InChI is InChI=1S/C10H18O2/c1-12-8-10(7-11)5-9(6-10)3-2-4-9/h11H,2-8H2,1H3. The molecule has 0 bridgehead atoms. The summed E-state index contributed by atoms with van der Waals surface area (Å²) in [5.74, 6) is 0. The third-order valence-corrected chi connectivity index (χ3v) is 3.70. The van der Waals surface area contributed by atoms with Crippen molar-refractivity contribution in [3.05, 3.63) is 0 Å². The lowest BCUT2D eigenvalue weighted by atomic mass is 9.46. The predicted molar refractivity (Wildman–Crippen MR) is 46.9 cm³/mol. The predicted octanol–water partition coefficient (Wildman–Crippen LogP) is 1.58. The van der Waals surface area contributed by atoms with Gasteiger partial charge < -0.3 is 9.84 Å². The van der Waals surface area contributed by atoms with E-state index in [9.17, 15) is 5.11 Å². The molecule has 0 atom stereocenters. The fourth-order valence-corrected chi connectivity index (χ4v) is 3.14. The van der Waals surface area contributed by atoms with E-state index in [1.807, 2.05) is 0 Å². The monoisotopic (exact) mass is 170 g/mol. The molecule has 0 aromatic carbocycles. The average molecular weight is 170 g/mol. The Hall–Kier alpha value is -0.0800. The van der Waals surface area contributed by atoms with Crippen molar-refractivity contribution in [1.29, 1.82) is 0 Å². The van der Waals surface area contributed by atoms with E-state index in [0.717, 1.165) is 6.61 Å². The zero-order valence-corrected chi connectivity index (χ0v) is 7.81. The summed E-state index contributed by atoms with van der Waals surface area (Å²) < 4.78 is 5.14. The topological polar surface area (TPSA) is 29.5 Å². The first-order valence-electron chi connectivity index (χ1n) is 4.84. The smallest absolute Gasteiger partial charge is 0.0541 e. The van der Waals surface area contributed by atoms with E-state index in [0.29, 0.717) is 12.0 Å². The highest BCUT2D eigenvalue weighted by atomic mass is 16.5. The largest absolute Gasteiger partial charge is 0.396 e. The van der Waals surface area contributed by atoms with Crippen LogP contribution < -0.4 is 0 Å². The van der Waals surface area contributed by atoms with E-state index in [-0.39, 0.29) is 5.41 Å². The number of hydrogen-bond donors (Lipinski definition) is 1. The Kier molecular flexibility index (Phi) is 1.92. The lowest BCUT2D eigenvalue weighted by Crippen LogP contribution is -2.54. The molecule has 2 nitrogen and oxygen atoms in total. The van der Waals surface area contributed by atoms with Gasteiger partial charge >= 0.3 is 0 Å².